The number of nitrogens with zero attached hydrogens (tertiary/aromatic N) is 3. The summed E-state index contributed by atoms with van der Waals surface area (Å²) in [7, 11) is 0. The van der Waals surface area contributed by atoms with Crippen molar-refractivity contribution in [3.05, 3.63) is 31.5 Å². The number of rotatable bonds is 12. The standard InChI is InChI=1S/C33H39N3O12/c37-26(19-8-15-7-18(19)25-24(15)46-25)43-4-1-34-29(40)35(2-5-44-27(38)20-9-16-11-32(20)13-22(16)47-32)31(42)36(30(34)41)3-6-45-28(39)21-10-17-12-33(21)14-23(17)48-33/h15-25H,1-14H2. The minimum atomic E-state index is -0.904. The Labute approximate surface area is 273 Å². The molecule has 0 N–H and O–H groups in total. The number of esters is 3. The van der Waals surface area contributed by atoms with Crippen molar-refractivity contribution in [2.45, 2.75) is 107 Å². The Hall–Kier alpha value is -3.30. The molecular formula is C33H39N3O12. The summed E-state index contributed by atoms with van der Waals surface area (Å²) < 4.78 is 36.6. The summed E-state index contributed by atoms with van der Waals surface area (Å²) in [5.41, 5.74) is -3.58. The highest BCUT2D eigenvalue weighted by Crippen LogP contribution is 2.65. The molecule has 1 aromatic heterocycles. The van der Waals surface area contributed by atoms with E-state index in [2.05, 4.69) is 0 Å². The summed E-state index contributed by atoms with van der Waals surface area (Å²) in [6.07, 6.45) is 7.40. The first-order chi connectivity index (χ1) is 23.1. The van der Waals surface area contributed by atoms with E-state index in [0.29, 0.717) is 37.0 Å². The Kier molecular flexibility index (Phi) is 6.25. The van der Waals surface area contributed by atoms with E-state index in [4.69, 9.17) is 28.4 Å². The third-order valence-corrected chi connectivity index (χ3v) is 13.5. The van der Waals surface area contributed by atoms with Gasteiger partial charge in [0.25, 0.3) is 0 Å². The molecule has 5 aliphatic heterocycles. The van der Waals surface area contributed by atoms with E-state index in [0.717, 1.165) is 45.8 Å². The summed E-state index contributed by atoms with van der Waals surface area (Å²) >= 11 is 0. The summed E-state index contributed by atoms with van der Waals surface area (Å²) in [5, 5.41) is 0. The molecule has 11 aliphatic rings. The van der Waals surface area contributed by atoms with Gasteiger partial charge < -0.3 is 28.4 Å². The normalized spacial score (nSPS) is 43.9. The smallest absolute Gasteiger partial charge is 0.336 e. The maximum Gasteiger partial charge on any atom is 0.336 e. The van der Waals surface area contributed by atoms with E-state index in [9.17, 15) is 28.8 Å². The Bertz CT molecular complexity index is 1690. The number of hydrogen-bond acceptors (Lipinski definition) is 12. The molecule has 15 heteroatoms. The molecule has 0 radical (unpaired) electrons. The average Bonchev–Trinajstić information content (AvgIpc) is 3.76. The predicted octanol–water partition coefficient (Wildman–Crippen LogP) is -0.640. The Morgan fingerprint density at radius 3 is 1.44 bits per heavy atom. The number of fused-ring (bicyclic) bond motifs is 5. The molecule has 13 atom stereocenters. The third-order valence-electron chi connectivity index (χ3n) is 13.5. The zero-order valence-electron chi connectivity index (χ0n) is 26.5. The second kappa shape index (κ2) is 10.1. The number of carbonyl (C=O) groups excluding carboxylic acids is 3. The first-order valence-corrected chi connectivity index (χ1v) is 17.6. The highest BCUT2D eigenvalue weighted by atomic mass is 16.6. The second-order valence-electron chi connectivity index (χ2n) is 15.7. The van der Waals surface area contributed by atoms with Crippen molar-refractivity contribution in [1.82, 2.24) is 13.7 Å². The van der Waals surface area contributed by atoms with Gasteiger partial charge >= 0.3 is 35.0 Å². The van der Waals surface area contributed by atoms with E-state index in [-0.39, 0.29) is 93.5 Å². The largest absolute Gasteiger partial charge is 0.464 e. The van der Waals surface area contributed by atoms with Gasteiger partial charge in [-0.15, -0.1) is 0 Å². The van der Waals surface area contributed by atoms with Gasteiger partial charge in [-0.3, -0.25) is 14.4 Å². The van der Waals surface area contributed by atoms with Gasteiger partial charge in [-0.1, -0.05) is 0 Å². The topological polar surface area (TPSA) is 176 Å². The number of hydrogen-bond donors (Lipinski definition) is 0. The maximum absolute atomic E-state index is 13.5. The average molecular weight is 670 g/mol. The minimum Gasteiger partial charge on any atom is -0.464 e. The van der Waals surface area contributed by atoms with Gasteiger partial charge in [0.15, 0.2) is 0 Å². The molecule has 6 aliphatic carbocycles. The van der Waals surface area contributed by atoms with Gasteiger partial charge in [0, 0.05) is 18.8 Å². The molecule has 2 spiro atoms. The molecule has 48 heavy (non-hydrogen) atoms. The van der Waals surface area contributed by atoms with Crippen LogP contribution in [-0.4, -0.2) is 87.0 Å². The van der Waals surface area contributed by atoms with Gasteiger partial charge in [0.2, 0.25) is 0 Å². The van der Waals surface area contributed by atoms with Crippen molar-refractivity contribution in [2.24, 2.45) is 41.4 Å². The van der Waals surface area contributed by atoms with Crippen molar-refractivity contribution in [3.8, 4) is 0 Å². The van der Waals surface area contributed by atoms with Crippen LogP contribution in [0.25, 0.3) is 0 Å². The van der Waals surface area contributed by atoms with Crippen molar-refractivity contribution < 1.29 is 42.8 Å². The van der Waals surface area contributed by atoms with Gasteiger partial charge in [0.05, 0.1) is 73.0 Å². The maximum atomic E-state index is 13.5. The molecule has 8 bridgehead atoms. The number of carbonyl (C=O) groups is 3. The van der Waals surface area contributed by atoms with Crippen LogP contribution in [0.5, 0.6) is 0 Å². The zero-order valence-corrected chi connectivity index (χ0v) is 26.5. The van der Waals surface area contributed by atoms with Crippen molar-refractivity contribution in [1.29, 1.82) is 0 Å². The summed E-state index contributed by atoms with van der Waals surface area (Å²) in [6.45, 7) is -1.59. The molecule has 15 nitrogen and oxygen atoms in total. The van der Waals surface area contributed by atoms with Crippen LogP contribution in [-0.2, 0) is 62.4 Å². The van der Waals surface area contributed by atoms with Crippen LogP contribution in [0, 0.1) is 41.4 Å². The predicted molar refractivity (Wildman–Crippen MR) is 157 cm³/mol. The monoisotopic (exact) mass is 669 g/mol. The SMILES string of the molecule is O=C(OCCn1c(=O)n(CCOC(=O)C2CC3CC24CC3O4)c(=O)n(CCOC(=O)C2CC3CC24CC3O4)c1=O)C1CC2CC1C1OC21. The van der Waals surface area contributed by atoms with Crippen LogP contribution in [0.15, 0.2) is 14.4 Å². The van der Waals surface area contributed by atoms with Crippen LogP contribution in [0.1, 0.15) is 51.4 Å². The summed E-state index contributed by atoms with van der Waals surface area (Å²) in [6, 6.07) is 0. The molecule has 1 aromatic rings. The number of ether oxygens (including phenoxy) is 6. The first-order valence-electron chi connectivity index (χ1n) is 17.6. The Morgan fingerprint density at radius 2 is 1.06 bits per heavy atom. The van der Waals surface area contributed by atoms with E-state index in [1.165, 1.54) is 0 Å². The quantitative estimate of drug-likeness (QED) is 0.157. The lowest BCUT2D eigenvalue weighted by Crippen LogP contribution is -2.56. The second-order valence-corrected chi connectivity index (χ2v) is 15.7. The van der Waals surface area contributed by atoms with Crippen LogP contribution >= 0.6 is 0 Å². The Balaban J connectivity index is 0.827. The van der Waals surface area contributed by atoms with Gasteiger partial charge in [0.1, 0.15) is 19.8 Å². The van der Waals surface area contributed by atoms with E-state index in [1.807, 2.05) is 0 Å². The molecule has 11 fully saturated rings. The fraction of sp³-hybridized carbons (Fsp3) is 0.818. The highest BCUT2D eigenvalue weighted by molar-refractivity contribution is 5.76. The first kappa shape index (κ1) is 29.6. The fourth-order valence-electron chi connectivity index (χ4n) is 11.2. The lowest BCUT2D eigenvalue weighted by molar-refractivity contribution is -0.219. The molecule has 258 valence electrons. The van der Waals surface area contributed by atoms with Gasteiger partial charge in [-0.25, -0.2) is 28.1 Å². The van der Waals surface area contributed by atoms with E-state index in [1.54, 1.807) is 0 Å². The third kappa shape index (κ3) is 4.09. The number of aromatic nitrogens is 3. The lowest BCUT2D eigenvalue weighted by Gasteiger charge is -2.46. The molecule has 12 rings (SSSR count). The van der Waals surface area contributed by atoms with Crippen LogP contribution in [0.3, 0.4) is 0 Å². The summed E-state index contributed by atoms with van der Waals surface area (Å²) in [4.78, 5) is 79.3. The van der Waals surface area contributed by atoms with Crippen LogP contribution in [0.4, 0.5) is 0 Å². The molecule has 5 saturated heterocycles. The van der Waals surface area contributed by atoms with Crippen molar-refractivity contribution in [3.63, 3.8) is 0 Å². The molecule has 0 aromatic carbocycles. The molecule has 0 amide bonds. The van der Waals surface area contributed by atoms with E-state index >= 15 is 0 Å². The van der Waals surface area contributed by atoms with Gasteiger partial charge in [-0.05, 0) is 56.3 Å². The van der Waals surface area contributed by atoms with Crippen molar-refractivity contribution >= 4 is 17.9 Å². The molecule has 6 saturated carbocycles. The van der Waals surface area contributed by atoms with E-state index < -0.39 is 40.2 Å². The lowest BCUT2D eigenvalue weighted by atomic mass is 9.79. The van der Waals surface area contributed by atoms with Crippen molar-refractivity contribution in [2.75, 3.05) is 19.8 Å². The zero-order chi connectivity index (χ0) is 32.7. The highest BCUT2D eigenvalue weighted by Gasteiger charge is 2.70. The van der Waals surface area contributed by atoms with Crippen LogP contribution in [0.2, 0.25) is 0 Å². The molecule has 6 heterocycles. The minimum absolute atomic E-state index is 0.131. The molecule has 13 unspecified atom stereocenters. The van der Waals surface area contributed by atoms with Gasteiger partial charge in [-0.2, -0.15) is 0 Å². The number of epoxide rings is 1. The summed E-state index contributed by atoms with van der Waals surface area (Å²) in [5.74, 6) is -0.933. The fourth-order valence-corrected chi connectivity index (χ4v) is 11.2. The Morgan fingerprint density at radius 1 is 0.604 bits per heavy atom. The molecular weight excluding hydrogens is 630 g/mol. The van der Waals surface area contributed by atoms with Crippen LogP contribution < -0.4 is 17.1 Å².